The maximum absolute atomic E-state index is 11.4. The normalized spacial score (nSPS) is 21.3. The number of hydrogen-bond acceptors (Lipinski definition) is 5. The highest BCUT2D eigenvalue weighted by Crippen LogP contribution is 2.35. The zero-order valence-corrected chi connectivity index (χ0v) is 14.8. The lowest BCUT2D eigenvalue weighted by Crippen LogP contribution is -2.42. The summed E-state index contributed by atoms with van der Waals surface area (Å²) in [7, 11) is 0. The molecule has 2 atom stereocenters. The number of anilines is 1. The minimum absolute atomic E-state index is 0.0250. The van der Waals surface area contributed by atoms with Crippen molar-refractivity contribution in [3.63, 3.8) is 0 Å². The second kappa shape index (κ2) is 7.30. The van der Waals surface area contributed by atoms with Gasteiger partial charge in [0.05, 0.1) is 11.0 Å². The van der Waals surface area contributed by atoms with Crippen molar-refractivity contribution in [2.24, 2.45) is 11.3 Å². The minimum Gasteiger partial charge on any atom is -0.379 e. The molecule has 2 unspecified atom stereocenters. The van der Waals surface area contributed by atoms with Gasteiger partial charge in [0, 0.05) is 30.7 Å². The molecule has 2 rings (SSSR count). The van der Waals surface area contributed by atoms with Crippen molar-refractivity contribution in [2.45, 2.75) is 46.6 Å². The topological polar surface area (TPSA) is 81.5 Å². The van der Waals surface area contributed by atoms with Crippen molar-refractivity contribution in [2.75, 3.05) is 18.5 Å². The monoisotopic (exact) mass is 334 g/mol. The number of nitro benzene ring substituents is 1. The van der Waals surface area contributed by atoms with E-state index in [0.717, 1.165) is 19.4 Å². The van der Waals surface area contributed by atoms with E-state index in [1.54, 1.807) is 12.1 Å². The highest BCUT2D eigenvalue weighted by Gasteiger charge is 2.35. The summed E-state index contributed by atoms with van der Waals surface area (Å²) < 4.78 is 5.95. The summed E-state index contributed by atoms with van der Waals surface area (Å²) in [6, 6.07) is 4.57. The van der Waals surface area contributed by atoms with Crippen molar-refractivity contribution in [1.82, 2.24) is 0 Å². The van der Waals surface area contributed by atoms with Crippen LogP contribution in [0.25, 0.3) is 0 Å². The third-order valence-electron chi connectivity index (χ3n) is 4.45. The Balaban J connectivity index is 2.15. The first kappa shape index (κ1) is 18.4. The van der Waals surface area contributed by atoms with Gasteiger partial charge in [-0.15, -0.1) is 0 Å². The number of ketones is 1. The molecule has 6 nitrogen and oxygen atoms in total. The van der Waals surface area contributed by atoms with Gasteiger partial charge in [-0.05, 0) is 37.3 Å². The zero-order chi connectivity index (χ0) is 17.9. The summed E-state index contributed by atoms with van der Waals surface area (Å²) in [5.41, 5.74) is 0.757. The van der Waals surface area contributed by atoms with Gasteiger partial charge in [-0.3, -0.25) is 14.9 Å². The number of nitrogens with zero attached hydrogens (tertiary/aromatic N) is 1. The molecule has 24 heavy (non-hydrogen) atoms. The molecule has 0 radical (unpaired) electrons. The largest absolute Gasteiger partial charge is 0.379 e. The van der Waals surface area contributed by atoms with E-state index in [0.29, 0.717) is 23.7 Å². The molecule has 1 saturated heterocycles. The van der Waals surface area contributed by atoms with Crippen LogP contribution in [0.15, 0.2) is 18.2 Å². The molecule has 1 aromatic carbocycles. The highest BCUT2D eigenvalue weighted by molar-refractivity contribution is 5.95. The van der Waals surface area contributed by atoms with Crippen molar-refractivity contribution in [3.8, 4) is 0 Å². The van der Waals surface area contributed by atoms with Crippen LogP contribution in [0.4, 0.5) is 11.4 Å². The molecule has 0 saturated carbocycles. The molecule has 6 heteroatoms. The number of nitro groups is 1. The molecule has 0 bridgehead atoms. The molecular formula is C18H26N2O4. The summed E-state index contributed by atoms with van der Waals surface area (Å²) >= 11 is 0. The Morgan fingerprint density at radius 3 is 2.71 bits per heavy atom. The van der Waals surface area contributed by atoms with E-state index in [4.69, 9.17) is 4.74 Å². The molecule has 1 heterocycles. The molecule has 1 aliphatic heterocycles. The van der Waals surface area contributed by atoms with E-state index in [1.807, 2.05) is 0 Å². The van der Waals surface area contributed by atoms with Crippen molar-refractivity contribution in [1.29, 1.82) is 0 Å². The standard InChI is InChI=1S/C18H26N2O4/c1-12(21)13-7-8-15(16(10-13)20(22)23)19-11-14-6-5-9-24-17(14)18(2,3)4/h7-8,10,14,17,19H,5-6,9,11H2,1-4H3. The van der Waals surface area contributed by atoms with Gasteiger partial charge in [0.1, 0.15) is 5.69 Å². The Morgan fingerprint density at radius 2 is 2.12 bits per heavy atom. The van der Waals surface area contributed by atoms with Gasteiger partial charge in [0.2, 0.25) is 0 Å². The van der Waals surface area contributed by atoms with Crippen LogP contribution >= 0.6 is 0 Å². The van der Waals surface area contributed by atoms with E-state index in [2.05, 4.69) is 26.1 Å². The predicted molar refractivity (Wildman–Crippen MR) is 93.5 cm³/mol. The number of ether oxygens (including phenoxy) is 1. The van der Waals surface area contributed by atoms with Crippen LogP contribution in [-0.4, -0.2) is 30.0 Å². The molecule has 0 amide bonds. The number of carbonyl (C=O) groups excluding carboxylic acids is 1. The molecule has 0 spiro atoms. The first-order chi connectivity index (χ1) is 11.2. The van der Waals surface area contributed by atoms with Gasteiger partial charge >= 0.3 is 0 Å². The van der Waals surface area contributed by atoms with Gasteiger partial charge in [0.25, 0.3) is 5.69 Å². The summed E-state index contributed by atoms with van der Waals surface area (Å²) in [5, 5.41) is 14.5. The zero-order valence-electron chi connectivity index (χ0n) is 14.8. The maximum Gasteiger partial charge on any atom is 0.293 e. The molecule has 1 N–H and O–H groups in total. The third kappa shape index (κ3) is 4.32. The van der Waals surface area contributed by atoms with Crippen LogP contribution in [0.2, 0.25) is 0 Å². The Morgan fingerprint density at radius 1 is 1.42 bits per heavy atom. The average Bonchev–Trinajstić information content (AvgIpc) is 2.52. The first-order valence-electron chi connectivity index (χ1n) is 8.35. The lowest BCUT2D eigenvalue weighted by atomic mass is 9.78. The fraction of sp³-hybridized carbons (Fsp3) is 0.611. The average molecular weight is 334 g/mol. The van der Waals surface area contributed by atoms with Crippen LogP contribution in [0.1, 0.15) is 50.9 Å². The summed E-state index contributed by atoms with van der Waals surface area (Å²) in [5.74, 6) is 0.115. The lowest BCUT2D eigenvalue weighted by molar-refractivity contribution is -0.384. The third-order valence-corrected chi connectivity index (χ3v) is 4.45. The fourth-order valence-corrected chi connectivity index (χ4v) is 3.30. The Labute approximate surface area is 142 Å². The van der Waals surface area contributed by atoms with Crippen LogP contribution in [0.3, 0.4) is 0 Å². The van der Waals surface area contributed by atoms with Crippen molar-refractivity contribution < 1.29 is 14.5 Å². The van der Waals surface area contributed by atoms with Crippen molar-refractivity contribution in [3.05, 3.63) is 33.9 Å². The molecule has 1 fully saturated rings. The first-order valence-corrected chi connectivity index (χ1v) is 8.35. The number of hydrogen-bond donors (Lipinski definition) is 1. The number of nitrogens with one attached hydrogen (secondary N) is 1. The SMILES string of the molecule is CC(=O)c1ccc(NCC2CCCOC2C(C)(C)C)c([N+](=O)[O-])c1. The second-order valence-corrected chi connectivity index (χ2v) is 7.49. The fourth-order valence-electron chi connectivity index (χ4n) is 3.30. The molecule has 0 aliphatic carbocycles. The van der Waals surface area contributed by atoms with E-state index in [1.165, 1.54) is 13.0 Å². The van der Waals surface area contributed by atoms with Gasteiger partial charge < -0.3 is 10.1 Å². The number of Topliss-reactive ketones (excluding diaryl/α,β-unsaturated/α-hetero) is 1. The highest BCUT2D eigenvalue weighted by atomic mass is 16.6. The number of carbonyl (C=O) groups is 1. The molecule has 0 aromatic heterocycles. The van der Waals surface area contributed by atoms with E-state index >= 15 is 0 Å². The van der Waals surface area contributed by atoms with Crippen LogP contribution in [-0.2, 0) is 4.74 Å². The van der Waals surface area contributed by atoms with E-state index in [9.17, 15) is 14.9 Å². The predicted octanol–water partition coefficient (Wildman–Crippen LogP) is 4.05. The van der Waals surface area contributed by atoms with Gasteiger partial charge in [-0.25, -0.2) is 0 Å². The van der Waals surface area contributed by atoms with Gasteiger partial charge in [0.15, 0.2) is 5.78 Å². The molecule has 1 aromatic rings. The number of rotatable bonds is 5. The molecular weight excluding hydrogens is 308 g/mol. The summed E-state index contributed by atoms with van der Waals surface area (Å²) in [6.07, 6.45) is 2.16. The maximum atomic E-state index is 11.4. The minimum atomic E-state index is -0.451. The quantitative estimate of drug-likeness (QED) is 0.499. The van der Waals surface area contributed by atoms with Gasteiger partial charge in [-0.1, -0.05) is 20.8 Å². The Kier molecular flexibility index (Phi) is 5.59. The van der Waals surface area contributed by atoms with E-state index in [-0.39, 0.29) is 23.0 Å². The van der Waals surface area contributed by atoms with Gasteiger partial charge in [-0.2, -0.15) is 0 Å². The van der Waals surface area contributed by atoms with Crippen LogP contribution in [0.5, 0.6) is 0 Å². The molecule has 132 valence electrons. The smallest absolute Gasteiger partial charge is 0.293 e. The van der Waals surface area contributed by atoms with Crippen LogP contribution < -0.4 is 5.32 Å². The number of benzene rings is 1. The van der Waals surface area contributed by atoms with Crippen molar-refractivity contribution >= 4 is 17.2 Å². The second-order valence-electron chi connectivity index (χ2n) is 7.49. The lowest BCUT2D eigenvalue weighted by Gasteiger charge is -2.40. The van der Waals surface area contributed by atoms with Crippen LogP contribution in [0, 0.1) is 21.4 Å². The summed E-state index contributed by atoms with van der Waals surface area (Å²) in [6.45, 7) is 9.24. The summed E-state index contributed by atoms with van der Waals surface area (Å²) in [4.78, 5) is 22.3. The van der Waals surface area contributed by atoms with E-state index < -0.39 is 4.92 Å². The Bertz CT molecular complexity index is 622. The molecule has 1 aliphatic rings. The Hall–Kier alpha value is -1.95.